The molecule has 1 unspecified atom stereocenters. The molecule has 1 aromatic heterocycles. The summed E-state index contributed by atoms with van der Waals surface area (Å²) in [6, 6.07) is 4.60. The first-order valence-corrected chi connectivity index (χ1v) is 4.77. The highest BCUT2D eigenvalue weighted by Gasteiger charge is 2.09. The Morgan fingerprint density at radius 2 is 2.27 bits per heavy atom. The molecule has 1 atom stereocenters. The molecule has 1 fully saturated rings. The Morgan fingerprint density at radius 1 is 1.40 bits per heavy atom. The Hall–Kier alpha value is -0.570. The molecular formula is C11H16Cl2N2. The topological polar surface area (TPSA) is 24.9 Å². The zero-order valence-electron chi connectivity index (χ0n) is 8.43. The summed E-state index contributed by atoms with van der Waals surface area (Å²) in [5.74, 6) is 0. The van der Waals surface area contributed by atoms with Crippen molar-refractivity contribution in [2.45, 2.75) is 18.9 Å². The predicted molar refractivity (Wildman–Crippen MR) is 68.8 cm³/mol. The van der Waals surface area contributed by atoms with Crippen molar-refractivity contribution in [3.8, 4) is 0 Å². The molecule has 0 amide bonds. The molecule has 0 spiro atoms. The van der Waals surface area contributed by atoms with Gasteiger partial charge < -0.3 is 5.32 Å². The number of halogens is 2. The maximum atomic E-state index is 4.06. The Morgan fingerprint density at radius 3 is 2.87 bits per heavy atom. The van der Waals surface area contributed by atoms with Crippen LogP contribution < -0.4 is 5.32 Å². The average molecular weight is 247 g/mol. The van der Waals surface area contributed by atoms with Crippen LogP contribution in [0.4, 0.5) is 0 Å². The molecule has 15 heavy (non-hydrogen) atoms. The molecule has 1 aliphatic heterocycles. The third-order valence-electron chi connectivity index (χ3n) is 2.30. The van der Waals surface area contributed by atoms with E-state index in [1.807, 2.05) is 12.3 Å². The maximum absolute atomic E-state index is 4.06. The van der Waals surface area contributed by atoms with Crippen molar-refractivity contribution in [3.63, 3.8) is 0 Å². The second-order valence-corrected chi connectivity index (χ2v) is 3.35. The van der Waals surface area contributed by atoms with E-state index in [0.29, 0.717) is 6.04 Å². The van der Waals surface area contributed by atoms with Gasteiger partial charge in [-0.25, -0.2) is 0 Å². The van der Waals surface area contributed by atoms with Crippen molar-refractivity contribution in [3.05, 3.63) is 36.2 Å². The lowest BCUT2D eigenvalue weighted by molar-refractivity contribution is 0.730. The summed E-state index contributed by atoms with van der Waals surface area (Å²) in [6.45, 7) is 1.15. The second kappa shape index (κ2) is 7.69. The van der Waals surface area contributed by atoms with E-state index < -0.39 is 0 Å². The fourth-order valence-corrected chi connectivity index (χ4v) is 1.58. The molecule has 84 valence electrons. The number of nitrogens with zero attached hydrogens (tertiary/aromatic N) is 1. The number of aromatic nitrogens is 1. The lowest BCUT2D eigenvalue weighted by Gasteiger charge is -2.01. The zero-order valence-corrected chi connectivity index (χ0v) is 10.1. The largest absolute Gasteiger partial charge is 0.311 e. The van der Waals surface area contributed by atoms with E-state index in [1.54, 1.807) is 6.20 Å². The van der Waals surface area contributed by atoms with Crippen LogP contribution in [0.3, 0.4) is 0 Å². The highest BCUT2D eigenvalue weighted by atomic mass is 35.5. The van der Waals surface area contributed by atoms with E-state index >= 15 is 0 Å². The minimum atomic E-state index is 0. The van der Waals surface area contributed by atoms with Crippen molar-refractivity contribution in [1.82, 2.24) is 10.3 Å². The Labute approximate surface area is 103 Å². The Bertz CT molecular complexity index is 282. The summed E-state index contributed by atoms with van der Waals surface area (Å²) in [4.78, 5) is 4.06. The quantitative estimate of drug-likeness (QED) is 0.869. The van der Waals surface area contributed by atoms with Crippen molar-refractivity contribution in [2.75, 3.05) is 6.54 Å². The number of pyridine rings is 1. The first kappa shape index (κ1) is 14.4. The van der Waals surface area contributed by atoms with Crippen molar-refractivity contribution in [2.24, 2.45) is 0 Å². The fourth-order valence-electron chi connectivity index (χ4n) is 1.58. The standard InChI is InChI=1S/C11H14N2.2ClH/c1-3-10(9-12-7-1)5-6-11-4-2-8-13-11;;/h1,3,5-7,9,11,13H,2,4,8H2;2*1H/b6-5+;;. The summed E-state index contributed by atoms with van der Waals surface area (Å²) in [7, 11) is 0. The van der Waals surface area contributed by atoms with E-state index in [9.17, 15) is 0 Å². The van der Waals surface area contributed by atoms with Crippen LogP contribution in [0, 0.1) is 0 Å². The molecule has 1 N–H and O–H groups in total. The van der Waals surface area contributed by atoms with Gasteiger partial charge in [0.15, 0.2) is 0 Å². The van der Waals surface area contributed by atoms with Crippen LogP contribution >= 0.6 is 24.8 Å². The van der Waals surface area contributed by atoms with Crippen LogP contribution in [-0.2, 0) is 0 Å². The van der Waals surface area contributed by atoms with Gasteiger partial charge >= 0.3 is 0 Å². The van der Waals surface area contributed by atoms with Crippen molar-refractivity contribution < 1.29 is 0 Å². The van der Waals surface area contributed by atoms with Gasteiger partial charge in [-0.1, -0.05) is 18.2 Å². The van der Waals surface area contributed by atoms with Gasteiger partial charge in [0.1, 0.15) is 0 Å². The summed E-state index contributed by atoms with van der Waals surface area (Å²) in [6.07, 6.45) is 10.6. The van der Waals surface area contributed by atoms with Crippen LogP contribution in [0.1, 0.15) is 18.4 Å². The van der Waals surface area contributed by atoms with E-state index in [4.69, 9.17) is 0 Å². The number of hydrogen-bond acceptors (Lipinski definition) is 2. The number of hydrogen-bond donors (Lipinski definition) is 1. The summed E-state index contributed by atoms with van der Waals surface area (Å²) < 4.78 is 0. The van der Waals surface area contributed by atoms with E-state index in [0.717, 1.165) is 6.54 Å². The molecule has 0 radical (unpaired) electrons. The van der Waals surface area contributed by atoms with Gasteiger partial charge in [-0.15, -0.1) is 24.8 Å². The lowest BCUT2D eigenvalue weighted by Crippen LogP contribution is -2.17. The normalized spacial score (nSPS) is 19.6. The van der Waals surface area contributed by atoms with Crippen LogP contribution in [0.5, 0.6) is 0 Å². The lowest BCUT2D eigenvalue weighted by atomic mass is 10.2. The average Bonchev–Trinajstić information content (AvgIpc) is 2.69. The number of rotatable bonds is 2. The van der Waals surface area contributed by atoms with Crippen molar-refractivity contribution in [1.29, 1.82) is 0 Å². The molecular weight excluding hydrogens is 231 g/mol. The van der Waals surface area contributed by atoms with Gasteiger partial charge in [-0.05, 0) is 31.0 Å². The molecule has 0 bridgehead atoms. The smallest absolute Gasteiger partial charge is 0.0340 e. The monoisotopic (exact) mass is 246 g/mol. The maximum Gasteiger partial charge on any atom is 0.0340 e. The molecule has 2 heterocycles. The SMILES string of the molecule is C(=C\C1CCCN1)/c1cccnc1.Cl.Cl. The van der Waals surface area contributed by atoms with Gasteiger partial charge in [0.05, 0.1) is 0 Å². The van der Waals surface area contributed by atoms with Gasteiger partial charge in [0, 0.05) is 18.4 Å². The van der Waals surface area contributed by atoms with E-state index in [-0.39, 0.29) is 24.8 Å². The molecule has 1 aromatic rings. The third kappa shape index (κ3) is 4.65. The van der Waals surface area contributed by atoms with Crippen LogP contribution in [0.25, 0.3) is 6.08 Å². The van der Waals surface area contributed by atoms with Gasteiger partial charge in [-0.3, -0.25) is 4.98 Å². The molecule has 0 aliphatic carbocycles. The summed E-state index contributed by atoms with van der Waals surface area (Å²) in [5, 5.41) is 3.42. The minimum Gasteiger partial charge on any atom is -0.311 e. The highest BCUT2D eigenvalue weighted by Crippen LogP contribution is 2.08. The number of nitrogens with one attached hydrogen (secondary N) is 1. The molecule has 4 heteroatoms. The Balaban J connectivity index is 0.000000980. The second-order valence-electron chi connectivity index (χ2n) is 3.35. The summed E-state index contributed by atoms with van der Waals surface area (Å²) >= 11 is 0. The van der Waals surface area contributed by atoms with Gasteiger partial charge in [-0.2, -0.15) is 0 Å². The molecule has 0 aromatic carbocycles. The molecule has 0 saturated carbocycles. The molecule has 2 nitrogen and oxygen atoms in total. The summed E-state index contributed by atoms with van der Waals surface area (Å²) in [5.41, 5.74) is 1.18. The Kier molecular flexibility index (Phi) is 7.39. The van der Waals surface area contributed by atoms with Crippen molar-refractivity contribution >= 4 is 30.9 Å². The third-order valence-corrected chi connectivity index (χ3v) is 2.30. The van der Waals surface area contributed by atoms with Crippen LogP contribution in [0.2, 0.25) is 0 Å². The molecule has 1 aliphatic rings. The molecule has 2 rings (SSSR count). The first-order valence-electron chi connectivity index (χ1n) is 4.77. The van der Waals surface area contributed by atoms with Crippen LogP contribution in [0.15, 0.2) is 30.6 Å². The van der Waals surface area contributed by atoms with Gasteiger partial charge in [0.2, 0.25) is 0 Å². The first-order chi connectivity index (χ1) is 6.45. The van der Waals surface area contributed by atoms with Crippen LogP contribution in [-0.4, -0.2) is 17.6 Å². The predicted octanol–water partition coefficient (Wildman–Crippen LogP) is 2.69. The minimum absolute atomic E-state index is 0. The fraction of sp³-hybridized carbons (Fsp3) is 0.364. The molecule has 1 saturated heterocycles. The highest BCUT2D eigenvalue weighted by molar-refractivity contribution is 5.85. The zero-order chi connectivity index (χ0) is 8.93. The van der Waals surface area contributed by atoms with Gasteiger partial charge in [0.25, 0.3) is 0 Å². The van der Waals surface area contributed by atoms with E-state index in [1.165, 1.54) is 18.4 Å². The van der Waals surface area contributed by atoms with E-state index in [2.05, 4.69) is 28.5 Å².